The van der Waals surface area contributed by atoms with Gasteiger partial charge in [-0.05, 0) is 18.2 Å². The number of nitrogens with zero attached hydrogens (tertiary/aromatic N) is 2. The zero-order valence-corrected chi connectivity index (χ0v) is 13.6. The number of nitrogens with two attached hydrogens (primary N) is 1. The second-order valence-electron chi connectivity index (χ2n) is 4.87. The third-order valence-corrected chi connectivity index (χ3v) is 3.39. The molecule has 0 fully saturated rings. The van der Waals surface area contributed by atoms with Gasteiger partial charge in [0, 0.05) is 17.7 Å². The highest BCUT2D eigenvalue weighted by molar-refractivity contribution is 5.85. The average Bonchev–Trinajstić information content (AvgIpc) is 2.62. The van der Waals surface area contributed by atoms with Gasteiger partial charge in [0.2, 0.25) is 0 Å². The molecule has 0 amide bonds. The maximum absolute atomic E-state index is 5.78. The molecule has 4 nitrogen and oxygen atoms in total. The minimum Gasteiger partial charge on any atom is -0.497 e. The lowest BCUT2D eigenvalue weighted by atomic mass is 10.1. The number of methoxy groups -OCH3 is 1. The SMILES string of the molecule is COc1cccc(-c2cc(CN)nc(-c3ccccc3)n2)c1.Cl. The summed E-state index contributed by atoms with van der Waals surface area (Å²) < 4.78 is 5.28. The van der Waals surface area contributed by atoms with Crippen molar-refractivity contribution in [2.75, 3.05) is 7.11 Å². The normalized spacial score (nSPS) is 10.0. The van der Waals surface area contributed by atoms with Crippen molar-refractivity contribution in [3.05, 3.63) is 66.4 Å². The Hall–Kier alpha value is -2.43. The molecule has 0 bridgehead atoms. The number of benzene rings is 2. The van der Waals surface area contributed by atoms with Gasteiger partial charge in [-0.3, -0.25) is 0 Å². The molecule has 1 aromatic heterocycles. The second kappa shape index (κ2) is 7.72. The fourth-order valence-electron chi connectivity index (χ4n) is 2.25. The Morgan fingerprint density at radius 1 is 0.913 bits per heavy atom. The first-order valence-corrected chi connectivity index (χ1v) is 7.08. The molecule has 0 atom stereocenters. The largest absolute Gasteiger partial charge is 0.497 e. The summed E-state index contributed by atoms with van der Waals surface area (Å²) in [5.74, 6) is 1.48. The van der Waals surface area contributed by atoms with E-state index >= 15 is 0 Å². The van der Waals surface area contributed by atoms with Gasteiger partial charge in [-0.15, -0.1) is 12.4 Å². The van der Waals surface area contributed by atoms with Crippen molar-refractivity contribution in [2.45, 2.75) is 6.54 Å². The maximum Gasteiger partial charge on any atom is 0.160 e. The Morgan fingerprint density at radius 2 is 1.65 bits per heavy atom. The molecule has 1 heterocycles. The first kappa shape index (κ1) is 16.9. The van der Waals surface area contributed by atoms with Gasteiger partial charge in [-0.2, -0.15) is 0 Å². The summed E-state index contributed by atoms with van der Waals surface area (Å²) in [7, 11) is 1.65. The fourth-order valence-corrected chi connectivity index (χ4v) is 2.25. The fraction of sp³-hybridized carbons (Fsp3) is 0.111. The van der Waals surface area contributed by atoms with Crippen LogP contribution >= 0.6 is 12.4 Å². The molecule has 5 heteroatoms. The van der Waals surface area contributed by atoms with Gasteiger partial charge in [0.05, 0.1) is 18.5 Å². The van der Waals surface area contributed by atoms with Crippen LogP contribution in [0.3, 0.4) is 0 Å². The van der Waals surface area contributed by atoms with Crippen molar-refractivity contribution in [3.8, 4) is 28.4 Å². The van der Waals surface area contributed by atoms with Gasteiger partial charge in [-0.25, -0.2) is 9.97 Å². The molecule has 23 heavy (non-hydrogen) atoms. The van der Waals surface area contributed by atoms with Crippen LogP contribution in [0.25, 0.3) is 22.6 Å². The molecule has 0 aliphatic rings. The summed E-state index contributed by atoms with van der Waals surface area (Å²) in [5, 5.41) is 0. The maximum atomic E-state index is 5.78. The van der Waals surface area contributed by atoms with Crippen molar-refractivity contribution in [3.63, 3.8) is 0 Å². The molecule has 0 aliphatic carbocycles. The van der Waals surface area contributed by atoms with E-state index in [1.54, 1.807) is 7.11 Å². The molecule has 0 spiro atoms. The molecule has 0 radical (unpaired) electrons. The van der Waals surface area contributed by atoms with Crippen molar-refractivity contribution >= 4 is 12.4 Å². The number of ether oxygens (including phenoxy) is 1. The zero-order chi connectivity index (χ0) is 15.4. The molecular weight excluding hydrogens is 310 g/mol. The van der Waals surface area contributed by atoms with Crippen molar-refractivity contribution in [1.29, 1.82) is 0 Å². The van der Waals surface area contributed by atoms with E-state index < -0.39 is 0 Å². The minimum absolute atomic E-state index is 0. The Labute approximate surface area is 141 Å². The van der Waals surface area contributed by atoms with Gasteiger partial charge in [0.25, 0.3) is 0 Å². The van der Waals surface area contributed by atoms with Gasteiger partial charge in [0.1, 0.15) is 5.75 Å². The number of halogens is 1. The van der Waals surface area contributed by atoms with E-state index in [2.05, 4.69) is 9.97 Å². The molecule has 0 saturated carbocycles. The molecule has 0 saturated heterocycles. The topological polar surface area (TPSA) is 61.0 Å². The highest BCUT2D eigenvalue weighted by Crippen LogP contribution is 2.25. The van der Waals surface area contributed by atoms with E-state index in [-0.39, 0.29) is 12.4 Å². The van der Waals surface area contributed by atoms with Crippen molar-refractivity contribution in [2.24, 2.45) is 5.73 Å². The molecule has 0 aliphatic heterocycles. The monoisotopic (exact) mass is 327 g/mol. The minimum atomic E-state index is 0. The molecular formula is C18H18ClN3O. The van der Waals surface area contributed by atoms with E-state index in [0.717, 1.165) is 28.3 Å². The molecule has 118 valence electrons. The number of aromatic nitrogens is 2. The number of hydrogen-bond donors (Lipinski definition) is 1. The molecule has 0 unspecified atom stereocenters. The average molecular weight is 328 g/mol. The summed E-state index contributed by atoms with van der Waals surface area (Å²) in [6.45, 7) is 0.374. The quantitative estimate of drug-likeness (QED) is 0.793. The number of hydrogen-bond acceptors (Lipinski definition) is 4. The van der Waals surface area contributed by atoms with Crippen LogP contribution in [0.1, 0.15) is 5.69 Å². The van der Waals surface area contributed by atoms with E-state index in [1.165, 1.54) is 0 Å². The zero-order valence-electron chi connectivity index (χ0n) is 12.8. The molecule has 2 N–H and O–H groups in total. The third kappa shape index (κ3) is 3.86. The first-order chi connectivity index (χ1) is 10.8. The highest BCUT2D eigenvalue weighted by Gasteiger charge is 2.08. The van der Waals surface area contributed by atoms with E-state index in [1.807, 2.05) is 60.7 Å². The second-order valence-corrected chi connectivity index (χ2v) is 4.87. The highest BCUT2D eigenvalue weighted by atomic mass is 35.5. The van der Waals surface area contributed by atoms with Gasteiger partial charge >= 0.3 is 0 Å². The van der Waals surface area contributed by atoms with Crippen LogP contribution in [-0.2, 0) is 6.54 Å². The van der Waals surface area contributed by atoms with Crippen molar-refractivity contribution in [1.82, 2.24) is 9.97 Å². The molecule has 3 rings (SSSR count). The van der Waals surface area contributed by atoms with Crippen LogP contribution in [0.4, 0.5) is 0 Å². The van der Waals surface area contributed by atoms with Gasteiger partial charge in [-0.1, -0.05) is 42.5 Å². The van der Waals surface area contributed by atoms with Gasteiger partial charge < -0.3 is 10.5 Å². The van der Waals surface area contributed by atoms with Crippen LogP contribution in [0, 0.1) is 0 Å². The standard InChI is InChI=1S/C18H17N3O.ClH/c1-22-16-9-5-8-14(10-16)17-11-15(12-19)20-18(21-17)13-6-3-2-4-7-13;/h2-11H,12,19H2,1H3;1H. The van der Waals surface area contributed by atoms with E-state index in [4.69, 9.17) is 10.5 Å². The molecule has 2 aromatic carbocycles. The van der Waals surface area contributed by atoms with E-state index in [0.29, 0.717) is 12.4 Å². The summed E-state index contributed by atoms with van der Waals surface area (Å²) >= 11 is 0. The molecule has 3 aromatic rings. The Kier molecular flexibility index (Phi) is 5.68. The lowest BCUT2D eigenvalue weighted by Gasteiger charge is -2.08. The van der Waals surface area contributed by atoms with Crippen LogP contribution in [-0.4, -0.2) is 17.1 Å². The summed E-state index contributed by atoms with van der Waals surface area (Å²) in [6, 6.07) is 19.6. The van der Waals surface area contributed by atoms with Crippen LogP contribution < -0.4 is 10.5 Å². The van der Waals surface area contributed by atoms with Crippen LogP contribution in [0.5, 0.6) is 5.75 Å². The Bertz CT molecular complexity index is 778. The lowest BCUT2D eigenvalue weighted by Crippen LogP contribution is -2.03. The summed E-state index contributed by atoms with van der Waals surface area (Å²) in [5.41, 5.74) is 9.39. The Morgan fingerprint density at radius 3 is 2.35 bits per heavy atom. The number of rotatable bonds is 4. The Balaban J connectivity index is 0.00000192. The summed E-state index contributed by atoms with van der Waals surface area (Å²) in [6.07, 6.45) is 0. The lowest BCUT2D eigenvalue weighted by molar-refractivity contribution is 0.415. The first-order valence-electron chi connectivity index (χ1n) is 7.08. The predicted molar refractivity (Wildman–Crippen MR) is 94.6 cm³/mol. The van der Waals surface area contributed by atoms with Crippen LogP contribution in [0.15, 0.2) is 60.7 Å². The predicted octanol–water partition coefficient (Wildman–Crippen LogP) is 3.70. The van der Waals surface area contributed by atoms with Crippen molar-refractivity contribution < 1.29 is 4.74 Å². The third-order valence-electron chi connectivity index (χ3n) is 3.39. The van der Waals surface area contributed by atoms with Crippen LogP contribution in [0.2, 0.25) is 0 Å². The smallest absolute Gasteiger partial charge is 0.160 e. The van der Waals surface area contributed by atoms with Gasteiger partial charge in [0.15, 0.2) is 5.82 Å². The van der Waals surface area contributed by atoms with E-state index in [9.17, 15) is 0 Å². The summed E-state index contributed by atoms with van der Waals surface area (Å²) in [4.78, 5) is 9.20.